The molecule has 2 N–H and O–H groups in total. The highest BCUT2D eigenvalue weighted by atomic mass is 32.2. The lowest BCUT2D eigenvalue weighted by atomic mass is 10.0. The van der Waals surface area contributed by atoms with Crippen molar-refractivity contribution >= 4 is 27.0 Å². The topological polar surface area (TPSA) is 95.2 Å². The number of aromatic nitrogens is 2. The Hall–Kier alpha value is -1.93. The van der Waals surface area contributed by atoms with E-state index in [4.69, 9.17) is 0 Å². The molecule has 7 nitrogen and oxygen atoms in total. The summed E-state index contributed by atoms with van der Waals surface area (Å²) in [6, 6.07) is 7.16. The first-order chi connectivity index (χ1) is 11.4. The molecule has 1 unspecified atom stereocenters. The lowest BCUT2D eigenvalue weighted by Gasteiger charge is -2.32. The van der Waals surface area contributed by atoms with Gasteiger partial charge in [-0.15, -0.1) is 0 Å². The number of para-hydroxylation sites is 2. The molecule has 1 aromatic carbocycles. The first-order valence-corrected chi connectivity index (χ1v) is 9.98. The molecule has 1 aliphatic rings. The van der Waals surface area contributed by atoms with Crippen molar-refractivity contribution in [3.63, 3.8) is 0 Å². The van der Waals surface area contributed by atoms with E-state index in [1.165, 1.54) is 4.31 Å². The number of H-pyrrole nitrogens is 1. The highest BCUT2D eigenvalue weighted by molar-refractivity contribution is 7.88. The molecular weight excluding hydrogens is 328 g/mol. The Morgan fingerprint density at radius 1 is 1.38 bits per heavy atom. The van der Waals surface area contributed by atoms with Gasteiger partial charge < -0.3 is 10.3 Å². The number of nitrogens with zero attached hydrogens (tertiary/aromatic N) is 2. The summed E-state index contributed by atoms with van der Waals surface area (Å²) in [6.45, 7) is 0.841. The fraction of sp³-hybridized carbons (Fsp3) is 0.500. The Bertz CT molecular complexity index is 798. The maximum absolute atomic E-state index is 12.4. The van der Waals surface area contributed by atoms with Crippen LogP contribution in [0.3, 0.4) is 0 Å². The average molecular weight is 350 g/mol. The minimum absolute atomic E-state index is 0.226. The number of amides is 1. The van der Waals surface area contributed by atoms with Crippen molar-refractivity contribution in [1.29, 1.82) is 0 Å². The number of piperidine rings is 1. The van der Waals surface area contributed by atoms with Crippen LogP contribution in [0.25, 0.3) is 11.0 Å². The Labute approximate surface area is 141 Å². The minimum Gasteiger partial charge on any atom is -0.354 e. The molecule has 2 aromatic rings. The van der Waals surface area contributed by atoms with Crippen molar-refractivity contribution < 1.29 is 13.2 Å². The zero-order valence-corrected chi connectivity index (χ0v) is 14.5. The van der Waals surface area contributed by atoms with Gasteiger partial charge in [-0.3, -0.25) is 4.79 Å². The van der Waals surface area contributed by atoms with Gasteiger partial charge in [-0.05, 0) is 25.0 Å². The number of imidazole rings is 1. The highest BCUT2D eigenvalue weighted by Gasteiger charge is 2.34. The Morgan fingerprint density at radius 3 is 2.92 bits per heavy atom. The van der Waals surface area contributed by atoms with Crippen molar-refractivity contribution in [2.75, 3.05) is 19.3 Å². The lowest BCUT2D eigenvalue weighted by molar-refractivity contribution is -0.125. The second kappa shape index (κ2) is 6.90. The third-order valence-corrected chi connectivity index (χ3v) is 5.57. The summed E-state index contributed by atoms with van der Waals surface area (Å²) in [5, 5.41) is 2.84. The van der Waals surface area contributed by atoms with Crippen LogP contribution in [0.4, 0.5) is 0 Å². The lowest BCUT2D eigenvalue weighted by Crippen LogP contribution is -2.51. The molecule has 0 radical (unpaired) electrons. The molecule has 0 bridgehead atoms. The number of carbonyl (C=O) groups is 1. The van der Waals surface area contributed by atoms with E-state index < -0.39 is 16.1 Å². The standard InChI is InChI=1S/C16H22N4O3S/c1-24(22,23)20-11-5-4-8-14(20)16(21)17-10-9-15-18-12-6-2-3-7-13(12)19-15/h2-3,6-7,14H,4-5,8-11H2,1H3,(H,17,21)(H,18,19). The van der Waals surface area contributed by atoms with Crippen LogP contribution >= 0.6 is 0 Å². The maximum Gasteiger partial charge on any atom is 0.238 e. The molecule has 1 amide bonds. The van der Waals surface area contributed by atoms with Crippen molar-refractivity contribution in [3.8, 4) is 0 Å². The third-order valence-electron chi connectivity index (χ3n) is 4.28. The van der Waals surface area contributed by atoms with Gasteiger partial charge in [0, 0.05) is 19.5 Å². The third kappa shape index (κ3) is 3.76. The van der Waals surface area contributed by atoms with Gasteiger partial charge in [-0.1, -0.05) is 18.6 Å². The number of carbonyl (C=O) groups excluding carboxylic acids is 1. The molecule has 0 saturated carbocycles. The minimum atomic E-state index is -3.36. The van der Waals surface area contributed by atoms with Gasteiger partial charge in [0.05, 0.1) is 17.3 Å². The van der Waals surface area contributed by atoms with Crippen molar-refractivity contribution in [2.24, 2.45) is 0 Å². The van der Waals surface area contributed by atoms with E-state index >= 15 is 0 Å². The van der Waals surface area contributed by atoms with Crippen LogP contribution < -0.4 is 5.32 Å². The van der Waals surface area contributed by atoms with E-state index in [-0.39, 0.29) is 5.91 Å². The molecule has 24 heavy (non-hydrogen) atoms. The number of benzene rings is 1. The van der Waals surface area contributed by atoms with E-state index in [1.807, 2.05) is 24.3 Å². The summed E-state index contributed by atoms with van der Waals surface area (Å²) in [5.74, 6) is 0.580. The van der Waals surface area contributed by atoms with Crippen LogP contribution in [0.1, 0.15) is 25.1 Å². The average Bonchev–Trinajstić information content (AvgIpc) is 2.96. The zero-order valence-electron chi connectivity index (χ0n) is 13.7. The summed E-state index contributed by atoms with van der Waals surface area (Å²) in [6.07, 6.45) is 3.98. The van der Waals surface area contributed by atoms with Gasteiger partial charge in [0.25, 0.3) is 0 Å². The van der Waals surface area contributed by atoms with Gasteiger partial charge in [0.15, 0.2) is 0 Å². The van der Waals surface area contributed by atoms with Gasteiger partial charge in [0.2, 0.25) is 15.9 Å². The first-order valence-electron chi connectivity index (χ1n) is 8.13. The molecule has 0 aliphatic carbocycles. The predicted octanol–water partition coefficient (Wildman–Crippen LogP) is 1.04. The van der Waals surface area contributed by atoms with E-state index in [9.17, 15) is 13.2 Å². The number of hydrogen-bond donors (Lipinski definition) is 2. The largest absolute Gasteiger partial charge is 0.354 e. The molecule has 1 aromatic heterocycles. The molecule has 1 fully saturated rings. The number of hydrogen-bond acceptors (Lipinski definition) is 4. The molecule has 1 aliphatic heterocycles. The summed E-state index contributed by atoms with van der Waals surface area (Å²) < 4.78 is 25.0. The number of fused-ring (bicyclic) bond motifs is 1. The fourth-order valence-electron chi connectivity index (χ4n) is 3.11. The van der Waals surface area contributed by atoms with E-state index in [0.717, 1.165) is 36.0 Å². The number of rotatable bonds is 5. The van der Waals surface area contributed by atoms with Gasteiger partial charge >= 0.3 is 0 Å². The molecule has 0 spiro atoms. The maximum atomic E-state index is 12.4. The van der Waals surface area contributed by atoms with E-state index in [2.05, 4.69) is 15.3 Å². The molecule has 3 rings (SSSR count). The van der Waals surface area contributed by atoms with Crippen LogP contribution in [0.5, 0.6) is 0 Å². The normalized spacial score (nSPS) is 19.5. The molecular formula is C16H22N4O3S. The second-order valence-corrected chi connectivity index (χ2v) is 8.06. The van der Waals surface area contributed by atoms with Crippen molar-refractivity contribution in [2.45, 2.75) is 31.7 Å². The van der Waals surface area contributed by atoms with E-state index in [1.54, 1.807) is 0 Å². The van der Waals surface area contributed by atoms with Crippen LogP contribution in [-0.2, 0) is 21.2 Å². The molecule has 1 saturated heterocycles. The summed E-state index contributed by atoms with van der Waals surface area (Å²) in [7, 11) is -3.36. The number of sulfonamides is 1. The smallest absolute Gasteiger partial charge is 0.238 e. The molecule has 1 atom stereocenters. The summed E-state index contributed by atoms with van der Waals surface area (Å²) in [4.78, 5) is 20.0. The van der Waals surface area contributed by atoms with Gasteiger partial charge in [-0.25, -0.2) is 13.4 Å². The predicted molar refractivity (Wildman–Crippen MR) is 92.0 cm³/mol. The van der Waals surface area contributed by atoms with Crippen LogP contribution in [-0.4, -0.2) is 54.0 Å². The van der Waals surface area contributed by atoms with Crippen molar-refractivity contribution in [3.05, 3.63) is 30.1 Å². The monoisotopic (exact) mass is 350 g/mol. The van der Waals surface area contributed by atoms with Gasteiger partial charge in [0.1, 0.15) is 11.9 Å². The Morgan fingerprint density at radius 2 is 2.17 bits per heavy atom. The molecule has 8 heteroatoms. The van der Waals surface area contributed by atoms with Crippen molar-refractivity contribution in [1.82, 2.24) is 19.6 Å². The van der Waals surface area contributed by atoms with Gasteiger partial charge in [-0.2, -0.15) is 4.31 Å². The SMILES string of the molecule is CS(=O)(=O)N1CCCCC1C(=O)NCCc1nc2ccccc2[nH]1. The van der Waals surface area contributed by atoms with E-state index in [0.29, 0.717) is 25.9 Å². The summed E-state index contributed by atoms with van der Waals surface area (Å²) >= 11 is 0. The zero-order chi connectivity index (χ0) is 17.2. The quantitative estimate of drug-likeness (QED) is 0.842. The first kappa shape index (κ1) is 16.9. The molecule has 130 valence electrons. The Balaban J connectivity index is 1.58. The molecule has 2 heterocycles. The second-order valence-electron chi connectivity index (χ2n) is 6.13. The van der Waals surface area contributed by atoms with Crippen LogP contribution in [0.2, 0.25) is 0 Å². The fourth-order valence-corrected chi connectivity index (χ4v) is 4.23. The summed E-state index contributed by atoms with van der Waals surface area (Å²) in [5.41, 5.74) is 1.86. The number of nitrogens with one attached hydrogen (secondary N) is 2. The number of aromatic amines is 1. The highest BCUT2D eigenvalue weighted by Crippen LogP contribution is 2.20. The Kier molecular flexibility index (Phi) is 4.86. The van der Waals surface area contributed by atoms with Crippen LogP contribution in [0, 0.1) is 0 Å². The van der Waals surface area contributed by atoms with Crippen LogP contribution in [0.15, 0.2) is 24.3 Å².